The van der Waals surface area contributed by atoms with Gasteiger partial charge in [0.2, 0.25) is 41.4 Å². The Balaban J connectivity index is 1.58. The Morgan fingerprint density at radius 3 is 2.18 bits per heavy atom. The van der Waals surface area contributed by atoms with Crippen LogP contribution in [0.5, 0.6) is 5.75 Å². The zero-order valence-corrected chi connectivity index (χ0v) is 34.1. The second-order valence-electron chi connectivity index (χ2n) is 14.0. The predicted octanol–water partition coefficient (Wildman–Crippen LogP) is -6.02. The molecule has 7 amide bonds. The summed E-state index contributed by atoms with van der Waals surface area (Å²) in [7, 11) is 1.98. The first-order valence-corrected chi connectivity index (χ1v) is 21.4. The highest BCUT2D eigenvalue weighted by atomic mass is 33.1. The average molecular weight is 895 g/mol. The molecule has 0 aliphatic carbocycles. The summed E-state index contributed by atoms with van der Waals surface area (Å²) in [5.74, 6) is -6.46. The fourth-order valence-electron chi connectivity index (χ4n) is 6.03. The summed E-state index contributed by atoms with van der Waals surface area (Å²) in [4.78, 5) is 91.9. The monoisotopic (exact) mass is 894 g/mol. The number of rotatable bonds is 15. The van der Waals surface area contributed by atoms with E-state index >= 15 is 0 Å². The maximum atomic E-state index is 14.0. The smallest absolute Gasteiger partial charge is 0.245 e. The Kier molecular flexibility index (Phi) is 19.0. The first-order chi connectivity index (χ1) is 29.1. The lowest BCUT2D eigenvalue weighted by atomic mass is 9.97. The van der Waals surface area contributed by atoms with E-state index in [-0.39, 0.29) is 30.1 Å². The molecule has 2 heterocycles. The number of carbonyl (C=O) groups excluding carboxylic acids is 7. The molecule has 0 bridgehead atoms. The molecule has 2 aromatic carbocycles. The van der Waals surface area contributed by atoms with Crippen molar-refractivity contribution in [2.75, 3.05) is 37.8 Å². The summed E-state index contributed by atoms with van der Waals surface area (Å²) >= 11 is 0. The zero-order chi connectivity index (χ0) is 44.6. The van der Waals surface area contributed by atoms with E-state index in [1.807, 2.05) is 0 Å². The number of nitrogens with one attached hydrogen (secondary N) is 7. The molecular weight excluding hydrogens is 845 g/mol. The third-order valence-electron chi connectivity index (χ3n) is 9.38. The van der Waals surface area contributed by atoms with Crippen LogP contribution in [0.15, 0.2) is 54.6 Å². The fraction of sp³-hybridized carbons (Fsp3) is 0.486. The molecule has 2 aliphatic rings. The van der Waals surface area contributed by atoms with E-state index in [9.17, 15) is 64.2 Å². The lowest BCUT2D eigenvalue weighted by Crippen LogP contribution is -2.65. The van der Waals surface area contributed by atoms with Crippen molar-refractivity contribution in [3.63, 3.8) is 0 Å². The highest BCUT2D eigenvalue weighted by molar-refractivity contribution is 8.76. The topological polar surface area (TPSA) is 360 Å². The van der Waals surface area contributed by atoms with Crippen molar-refractivity contribution in [2.45, 2.75) is 73.7 Å². The van der Waals surface area contributed by atoms with Crippen molar-refractivity contribution in [1.29, 1.82) is 0 Å². The Labute approximate surface area is 356 Å². The summed E-state index contributed by atoms with van der Waals surface area (Å²) in [5.41, 5.74) is 6.20. The molecule has 2 aromatic rings. The highest BCUT2D eigenvalue weighted by Gasteiger charge is 2.45. The van der Waals surface area contributed by atoms with Gasteiger partial charge in [0.15, 0.2) is 0 Å². The standard InChI is InChI=1S/C37H50N8O14S2/c38-27(49)12-39-32(54)23(14-46)42-36(58)25-17-61-60-16-24(33(55)40-13-28(50)41-21(34(56)44-25)10-18-4-2-1-3-5-18)43-35(57)22(11-19-6-8-20(48)9-7-19)45-37-31(53)30(52)29(51)26(15-47)59-37/h1-9,21-26,29-31,37,45-48,51-53H,10-17H2,(H2,38,49)(H,39,54)(H,40,55)(H,41,50)(H,42,58)(H,43,57)(H,44,56)/t21?,22-,23-,24+,25?,26+,29+,30-,31+,37+/m0/s1. The number of hydrogen-bond donors (Lipinski definition) is 14. The zero-order valence-electron chi connectivity index (χ0n) is 32.5. The van der Waals surface area contributed by atoms with Crippen molar-refractivity contribution in [3.05, 3.63) is 65.7 Å². The van der Waals surface area contributed by atoms with Crippen molar-refractivity contribution in [3.8, 4) is 5.75 Å². The van der Waals surface area contributed by atoms with Crippen molar-refractivity contribution < 1.29 is 68.9 Å². The van der Waals surface area contributed by atoms with Gasteiger partial charge in [0.05, 0.1) is 32.3 Å². The van der Waals surface area contributed by atoms with Gasteiger partial charge in [-0.15, -0.1) is 0 Å². The predicted molar refractivity (Wildman–Crippen MR) is 218 cm³/mol. The minimum Gasteiger partial charge on any atom is -0.508 e. The number of primary amides is 1. The number of nitrogens with two attached hydrogens (primary N) is 1. The highest BCUT2D eigenvalue weighted by Crippen LogP contribution is 2.25. The Hall–Kier alpha value is -5.05. The first kappa shape index (κ1) is 48.6. The van der Waals surface area contributed by atoms with Gasteiger partial charge in [0.25, 0.3) is 0 Å². The third-order valence-corrected chi connectivity index (χ3v) is 11.8. The quantitative estimate of drug-likeness (QED) is 0.0740. The Morgan fingerprint density at radius 1 is 0.836 bits per heavy atom. The molecule has 0 saturated carbocycles. The van der Waals surface area contributed by atoms with Crippen LogP contribution in [0.25, 0.3) is 0 Å². The Bertz CT molecular complexity index is 1830. The number of phenolic OH excluding ortho intramolecular Hbond substituents is 1. The summed E-state index contributed by atoms with van der Waals surface area (Å²) < 4.78 is 5.56. The minimum absolute atomic E-state index is 0.0417. The van der Waals surface area contributed by atoms with Gasteiger partial charge in [0, 0.05) is 17.9 Å². The maximum absolute atomic E-state index is 14.0. The molecule has 2 saturated heterocycles. The summed E-state index contributed by atoms with van der Waals surface area (Å²) in [6, 6.07) is 7.40. The number of hydrogen-bond acceptors (Lipinski definition) is 17. The van der Waals surface area contributed by atoms with Crippen LogP contribution >= 0.6 is 21.6 Å². The van der Waals surface area contributed by atoms with Crippen LogP contribution in [0.1, 0.15) is 11.1 Å². The van der Waals surface area contributed by atoms with Crippen LogP contribution in [0.3, 0.4) is 0 Å². The number of aliphatic hydroxyl groups excluding tert-OH is 5. The van der Waals surface area contributed by atoms with Crippen LogP contribution in [0, 0.1) is 0 Å². The molecule has 10 atom stereocenters. The molecule has 2 aliphatic heterocycles. The molecule has 22 nitrogen and oxygen atoms in total. The van der Waals surface area contributed by atoms with Crippen LogP contribution in [0.4, 0.5) is 0 Å². The average Bonchev–Trinajstić information content (AvgIpc) is 3.24. The van der Waals surface area contributed by atoms with Gasteiger partial charge < -0.3 is 73.0 Å². The number of aliphatic hydroxyl groups is 5. The van der Waals surface area contributed by atoms with Crippen molar-refractivity contribution in [2.24, 2.45) is 5.73 Å². The number of amides is 7. The molecular formula is C37H50N8O14S2. The molecule has 4 rings (SSSR count). The summed E-state index contributed by atoms with van der Waals surface area (Å²) in [6.45, 7) is -2.85. The van der Waals surface area contributed by atoms with Crippen LogP contribution < -0.4 is 43.0 Å². The number of aromatic hydroxyl groups is 1. The lowest BCUT2D eigenvalue weighted by molar-refractivity contribution is -0.238. The first-order valence-electron chi connectivity index (χ1n) is 18.9. The fourth-order valence-corrected chi connectivity index (χ4v) is 8.36. The third kappa shape index (κ3) is 14.8. The van der Waals surface area contributed by atoms with Crippen molar-refractivity contribution >= 4 is 62.9 Å². The number of benzene rings is 2. The van der Waals surface area contributed by atoms with Crippen molar-refractivity contribution in [1.82, 2.24) is 37.2 Å². The maximum Gasteiger partial charge on any atom is 0.245 e. The van der Waals surface area contributed by atoms with E-state index in [1.54, 1.807) is 30.3 Å². The van der Waals surface area contributed by atoms with Gasteiger partial charge in [-0.05, 0) is 29.7 Å². The van der Waals surface area contributed by atoms with Crippen LogP contribution in [0.2, 0.25) is 0 Å². The van der Waals surface area contributed by atoms with E-state index in [1.165, 1.54) is 24.3 Å². The summed E-state index contributed by atoms with van der Waals surface area (Å²) in [6.07, 6.45) is -8.22. The molecule has 15 N–H and O–H groups in total. The number of carbonyl (C=O) groups is 7. The normalized spacial score (nSPS) is 26.2. The molecule has 61 heavy (non-hydrogen) atoms. The second kappa shape index (κ2) is 23.8. The SMILES string of the molecule is NC(=O)CNC(=O)[C@H](CO)NC(=O)C1CSSC[C@@H](NC(=O)[C@H](Cc2ccc(O)cc2)N[C@@H]2O[C@H](CO)[C@@H](O)[C@H](O)[C@H]2O)C(=O)NCC(=O)NC(Cc2ccccc2)C(=O)N1. The van der Waals surface area contributed by atoms with E-state index in [2.05, 4.69) is 37.2 Å². The van der Waals surface area contributed by atoms with Gasteiger partial charge in [-0.2, -0.15) is 0 Å². The second-order valence-corrected chi connectivity index (χ2v) is 16.5. The molecule has 0 spiro atoms. The van der Waals surface area contributed by atoms with Gasteiger partial charge >= 0.3 is 0 Å². The van der Waals surface area contributed by atoms with E-state index < -0.39 is 129 Å². The molecule has 2 unspecified atom stereocenters. The van der Waals surface area contributed by atoms with E-state index in [0.29, 0.717) is 11.1 Å². The van der Waals surface area contributed by atoms with Crippen LogP contribution in [-0.4, -0.2) is 171 Å². The summed E-state index contributed by atoms with van der Waals surface area (Å²) in [5, 5.41) is 78.2. The number of phenols is 1. The minimum atomic E-state index is -1.78. The van der Waals surface area contributed by atoms with Crippen LogP contribution in [-0.2, 0) is 51.1 Å². The number of ether oxygens (including phenoxy) is 1. The molecule has 2 fully saturated rings. The van der Waals surface area contributed by atoms with Gasteiger partial charge in [-0.25, -0.2) is 0 Å². The van der Waals surface area contributed by atoms with Gasteiger partial charge in [-0.3, -0.25) is 38.9 Å². The Morgan fingerprint density at radius 2 is 1.52 bits per heavy atom. The largest absolute Gasteiger partial charge is 0.508 e. The van der Waals surface area contributed by atoms with E-state index in [0.717, 1.165) is 21.6 Å². The molecule has 24 heteroatoms. The van der Waals surface area contributed by atoms with Gasteiger partial charge in [-0.1, -0.05) is 64.1 Å². The molecule has 0 radical (unpaired) electrons. The van der Waals surface area contributed by atoms with E-state index in [4.69, 9.17) is 10.5 Å². The van der Waals surface area contributed by atoms with Gasteiger partial charge in [0.1, 0.15) is 60.6 Å². The lowest BCUT2D eigenvalue weighted by Gasteiger charge is -2.41. The molecule has 0 aromatic heterocycles. The molecule has 334 valence electrons.